The molecule has 0 aromatic carbocycles. The third kappa shape index (κ3) is 3.16. The largest absolute Gasteiger partial charge is 0.339 e. The summed E-state index contributed by atoms with van der Waals surface area (Å²) in [6.45, 7) is 0.938. The van der Waals surface area contributed by atoms with Crippen molar-refractivity contribution >= 4 is 17.7 Å². The van der Waals surface area contributed by atoms with Gasteiger partial charge >= 0.3 is 0 Å². The van der Waals surface area contributed by atoms with Gasteiger partial charge in [0, 0.05) is 12.6 Å². The average molecular weight is 252 g/mol. The minimum Gasteiger partial charge on any atom is -0.339 e. The zero-order valence-electron chi connectivity index (χ0n) is 10.2. The van der Waals surface area contributed by atoms with Crippen molar-refractivity contribution < 1.29 is 4.79 Å². The highest BCUT2D eigenvalue weighted by atomic mass is 32.2. The number of amides is 1. The van der Waals surface area contributed by atoms with Crippen LogP contribution in [0.25, 0.3) is 0 Å². The molecule has 4 heteroatoms. The van der Waals surface area contributed by atoms with E-state index in [2.05, 4.69) is 11.0 Å². The fourth-order valence-corrected chi connectivity index (χ4v) is 3.74. The molecule has 0 aromatic rings. The second-order valence-electron chi connectivity index (χ2n) is 4.99. The van der Waals surface area contributed by atoms with Gasteiger partial charge in [-0.3, -0.25) is 4.79 Å². The minimum absolute atomic E-state index is 0.252. The molecule has 0 unspecified atom stereocenters. The Morgan fingerprint density at radius 2 is 2.06 bits per heavy atom. The number of nitrogens with zero attached hydrogens (tertiary/aromatic N) is 2. The molecular formula is C13H20N2OS. The topological polar surface area (TPSA) is 44.1 Å². The monoisotopic (exact) mass is 252 g/mol. The van der Waals surface area contributed by atoms with E-state index in [1.54, 1.807) is 0 Å². The molecule has 1 aliphatic carbocycles. The molecule has 0 aromatic heterocycles. The summed E-state index contributed by atoms with van der Waals surface area (Å²) in [5, 5.41) is 8.48. The number of fused-ring (bicyclic) bond motifs is 1. The number of hydrogen-bond acceptors (Lipinski definition) is 3. The molecule has 1 saturated carbocycles. The molecule has 0 spiro atoms. The van der Waals surface area contributed by atoms with Gasteiger partial charge in [0.05, 0.1) is 17.6 Å². The summed E-state index contributed by atoms with van der Waals surface area (Å²) < 4.78 is 0. The van der Waals surface area contributed by atoms with Crippen molar-refractivity contribution in [2.24, 2.45) is 5.92 Å². The van der Waals surface area contributed by atoms with Gasteiger partial charge in [0.1, 0.15) is 0 Å². The Balaban J connectivity index is 1.89. The maximum Gasteiger partial charge on any atom is 0.232 e. The third-order valence-electron chi connectivity index (χ3n) is 3.96. The summed E-state index contributed by atoms with van der Waals surface area (Å²) in [6, 6.07) is 2.58. The minimum atomic E-state index is 0.252. The van der Waals surface area contributed by atoms with Crippen LogP contribution in [0.15, 0.2) is 0 Å². The highest BCUT2D eigenvalue weighted by molar-refractivity contribution is 8.00. The predicted molar refractivity (Wildman–Crippen MR) is 69.6 cm³/mol. The lowest BCUT2D eigenvalue weighted by atomic mass is 9.78. The molecular weight excluding hydrogens is 232 g/mol. The molecule has 0 radical (unpaired) electrons. The summed E-state index contributed by atoms with van der Waals surface area (Å²) in [4.78, 5) is 14.2. The van der Waals surface area contributed by atoms with E-state index < -0.39 is 0 Å². The maximum atomic E-state index is 12.1. The lowest BCUT2D eigenvalue weighted by Gasteiger charge is -2.44. The van der Waals surface area contributed by atoms with Crippen LogP contribution in [0, 0.1) is 17.2 Å². The molecule has 2 atom stereocenters. The highest BCUT2D eigenvalue weighted by Gasteiger charge is 2.35. The van der Waals surface area contributed by atoms with Gasteiger partial charge in [-0.2, -0.15) is 5.26 Å². The van der Waals surface area contributed by atoms with Gasteiger partial charge in [-0.1, -0.05) is 12.8 Å². The van der Waals surface area contributed by atoms with Gasteiger partial charge in [-0.15, -0.1) is 11.8 Å². The summed E-state index contributed by atoms with van der Waals surface area (Å²) >= 11 is 1.44. The Bertz CT molecular complexity index is 311. The molecule has 1 saturated heterocycles. The molecule has 2 aliphatic rings. The quantitative estimate of drug-likeness (QED) is 0.725. The molecule has 1 aliphatic heterocycles. The summed E-state index contributed by atoms with van der Waals surface area (Å²) in [5.41, 5.74) is 0. The standard InChI is InChI=1S/C13H20N2OS/c14-7-9-17-10-13(16)15-8-3-5-11-4-1-2-6-12(11)15/h11-12H,1-6,8-10H2/t11-,12-/m0/s1. The normalized spacial score (nSPS) is 28.3. The van der Waals surface area contributed by atoms with Crippen molar-refractivity contribution in [3.63, 3.8) is 0 Å². The fourth-order valence-electron chi connectivity index (χ4n) is 3.20. The number of carbonyl (C=O) groups is 1. The van der Waals surface area contributed by atoms with E-state index in [0.717, 1.165) is 18.9 Å². The second-order valence-corrected chi connectivity index (χ2v) is 5.98. The van der Waals surface area contributed by atoms with Crippen LogP contribution >= 0.6 is 11.8 Å². The van der Waals surface area contributed by atoms with Crippen LogP contribution in [0.1, 0.15) is 38.5 Å². The van der Waals surface area contributed by atoms with Crippen LogP contribution in [-0.4, -0.2) is 34.9 Å². The number of likely N-dealkylation sites (tertiary alicyclic amines) is 1. The predicted octanol–water partition coefficient (Wildman–Crippen LogP) is 2.42. The van der Waals surface area contributed by atoms with E-state index in [-0.39, 0.29) is 5.91 Å². The number of thioether (sulfide) groups is 1. The fraction of sp³-hybridized carbons (Fsp3) is 0.846. The summed E-state index contributed by atoms with van der Waals surface area (Å²) in [7, 11) is 0. The molecule has 3 nitrogen and oxygen atoms in total. The van der Waals surface area contributed by atoms with E-state index in [0.29, 0.717) is 17.5 Å². The summed E-state index contributed by atoms with van der Waals surface area (Å²) in [5.74, 6) is 1.91. The number of rotatable bonds is 3. The first-order chi connectivity index (χ1) is 8.33. The van der Waals surface area contributed by atoms with E-state index in [9.17, 15) is 4.79 Å². The van der Waals surface area contributed by atoms with Crippen molar-refractivity contribution in [3.8, 4) is 6.07 Å². The molecule has 94 valence electrons. The molecule has 1 amide bonds. The molecule has 1 heterocycles. The van der Waals surface area contributed by atoms with Crippen LogP contribution in [0.2, 0.25) is 0 Å². The Kier molecular flexibility index (Phi) is 4.73. The smallest absolute Gasteiger partial charge is 0.232 e. The lowest BCUT2D eigenvalue weighted by molar-refractivity contribution is -0.134. The van der Waals surface area contributed by atoms with Crippen LogP contribution in [-0.2, 0) is 4.79 Å². The van der Waals surface area contributed by atoms with Crippen molar-refractivity contribution in [1.82, 2.24) is 4.90 Å². The number of carbonyl (C=O) groups excluding carboxylic acids is 1. The highest BCUT2D eigenvalue weighted by Crippen LogP contribution is 2.35. The Hall–Kier alpha value is -0.690. The molecule has 0 bridgehead atoms. The third-order valence-corrected chi connectivity index (χ3v) is 4.74. The lowest BCUT2D eigenvalue weighted by Crippen LogP contribution is -2.50. The number of hydrogen-bond donors (Lipinski definition) is 0. The zero-order valence-corrected chi connectivity index (χ0v) is 11.0. The number of piperidine rings is 1. The average Bonchev–Trinajstić information content (AvgIpc) is 2.38. The molecule has 2 rings (SSSR count). The Morgan fingerprint density at radius 3 is 2.88 bits per heavy atom. The van der Waals surface area contributed by atoms with Crippen LogP contribution in [0.3, 0.4) is 0 Å². The van der Waals surface area contributed by atoms with Crippen LogP contribution in [0.4, 0.5) is 0 Å². The van der Waals surface area contributed by atoms with Crippen molar-refractivity contribution in [2.45, 2.75) is 44.6 Å². The van der Waals surface area contributed by atoms with E-state index in [4.69, 9.17) is 5.26 Å². The van der Waals surface area contributed by atoms with Crippen molar-refractivity contribution in [1.29, 1.82) is 5.26 Å². The van der Waals surface area contributed by atoms with E-state index in [1.165, 1.54) is 43.9 Å². The maximum absolute atomic E-state index is 12.1. The number of nitriles is 1. The first-order valence-corrected chi connectivity index (χ1v) is 7.72. The Labute approximate surface area is 108 Å². The first kappa shape index (κ1) is 12.8. The Morgan fingerprint density at radius 1 is 1.29 bits per heavy atom. The van der Waals surface area contributed by atoms with E-state index in [1.807, 2.05) is 0 Å². The van der Waals surface area contributed by atoms with Gasteiger partial charge in [0.15, 0.2) is 0 Å². The summed E-state index contributed by atoms with van der Waals surface area (Å²) in [6.07, 6.45) is 7.58. The van der Waals surface area contributed by atoms with Crippen molar-refractivity contribution in [3.05, 3.63) is 0 Å². The van der Waals surface area contributed by atoms with Gasteiger partial charge in [-0.25, -0.2) is 0 Å². The van der Waals surface area contributed by atoms with Gasteiger partial charge in [-0.05, 0) is 31.6 Å². The molecule has 17 heavy (non-hydrogen) atoms. The second kappa shape index (κ2) is 6.30. The van der Waals surface area contributed by atoms with Crippen LogP contribution in [0.5, 0.6) is 0 Å². The van der Waals surface area contributed by atoms with Gasteiger partial charge in [0.2, 0.25) is 5.91 Å². The van der Waals surface area contributed by atoms with E-state index >= 15 is 0 Å². The van der Waals surface area contributed by atoms with Gasteiger partial charge in [0.25, 0.3) is 0 Å². The first-order valence-electron chi connectivity index (χ1n) is 6.57. The van der Waals surface area contributed by atoms with Gasteiger partial charge < -0.3 is 4.90 Å². The SMILES string of the molecule is N#CCSCC(=O)N1CCC[C@@H]2CCCC[C@@H]21. The zero-order chi connectivity index (χ0) is 12.1. The van der Waals surface area contributed by atoms with Crippen molar-refractivity contribution in [2.75, 3.05) is 18.1 Å². The molecule has 2 fully saturated rings. The molecule has 0 N–H and O–H groups in total. The van der Waals surface area contributed by atoms with Crippen LogP contribution < -0.4 is 0 Å².